The molecule has 0 saturated carbocycles. The van der Waals surface area contributed by atoms with Crippen molar-refractivity contribution in [3.8, 4) is 17.2 Å². The number of nitrogens with zero attached hydrogens (tertiary/aromatic N) is 1. The summed E-state index contributed by atoms with van der Waals surface area (Å²) in [6.07, 6.45) is -0.629. The molecule has 0 aliphatic carbocycles. The van der Waals surface area contributed by atoms with Gasteiger partial charge in [-0.25, -0.2) is 0 Å². The molecule has 4 rings (SSSR count). The smallest absolute Gasteiger partial charge is 0.268 e. The Hall–Kier alpha value is -2.99. The van der Waals surface area contributed by atoms with Crippen LogP contribution in [0.25, 0.3) is 0 Å². The zero-order valence-electron chi connectivity index (χ0n) is 15.5. The molecule has 28 heavy (non-hydrogen) atoms. The first kappa shape index (κ1) is 18.4. The second kappa shape index (κ2) is 8.35. The Morgan fingerprint density at radius 1 is 1.07 bits per heavy atom. The fourth-order valence-corrected chi connectivity index (χ4v) is 3.72. The maximum Gasteiger partial charge on any atom is 0.268 e. The van der Waals surface area contributed by atoms with E-state index in [2.05, 4.69) is 0 Å². The fraction of sp³-hybridized carbons (Fsp3) is 0.227. The van der Waals surface area contributed by atoms with Gasteiger partial charge in [0.25, 0.3) is 5.91 Å². The maximum atomic E-state index is 13.3. The van der Waals surface area contributed by atoms with Crippen LogP contribution in [0, 0.1) is 0 Å². The van der Waals surface area contributed by atoms with Gasteiger partial charge in [-0.3, -0.25) is 4.79 Å². The molecule has 1 aliphatic heterocycles. The summed E-state index contributed by atoms with van der Waals surface area (Å²) in [6.45, 7) is 3.28. The topological polar surface area (TPSA) is 48.0 Å². The molecule has 1 atom stereocenters. The molecule has 1 aliphatic rings. The van der Waals surface area contributed by atoms with Crippen molar-refractivity contribution < 1.29 is 19.0 Å². The van der Waals surface area contributed by atoms with Gasteiger partial charge in [0.2, 0.25) is 0 Å². The Balaban J connectivity index is 1.60. The highest BCUT2D eigenvalue weighted by molar-refractivity contribution is 7.09. The minimum atomic E-state index is -0.629. The maximum absolute atomic E-state index is 13.3. The van der Waals surface area contributed by atoms with Crippen LogP contribution in [0.15, 0.2) is 66.0 Å². The number of thiophene rings is 1. The molecular weight excluding hydrogens is 374 g/mol. The van der Waals surface area contributed by atoms with Crippen LogP contribution in [0.3, 0.4) is 0 Å². The number of carbonyl (C=O) groups excluding carboxylic acids is 1. The molecule has 0 bridgehead atoms. The average molecular weight is 395 g/mol. The van der Waals surface area contributed by atoms with Gasteiger partial charge in [-0.2, -0.15) is 0 Å². The molecule has 144 valence electrons. The number of benzene rings is 2. The van der Waals surface area contributed by atoms with Crippen LogP contribution < -0.4 is 19.1 Å². The monoisotopic (exact) mass is 395 g/mol. The standard InChI is InChI=1S/C22H21NO4S/c1-16(27-18-6-3-2-4-7-18)22(24)23(15-19-8-5-13-28-19)17-9-10-20-21(14-17)26-12-11-25-20/h2-10,13-14,16H,11-12,15H2,1H3. The van der Waals surface area contributed by atoms with Gasteiger partial charge in [-0.15, -0.1) is 11.3 Å². The van der Waals surface area contributed by atoms with Crippen molar-refractivity contribution in [2.75, 3.05) is 18.1 Å². The highest BCUT2D eigenvalue weighted by Crippen LogP contribution is 2.35. The van der Waals surface area contributed by atoms with Crippen LogP contribution in [-0.2, 0) is 11.3 Å². The highest BCUT2D eigenvalue weighted by atomic mass is 32.1. The van der Waals surface area contributed by atoms with Crippen molar-refractivity contribution in [3.05, 3.63) is 70.9 Å². The number of amides is 1. The molecule has 0 saturated heterocycles. The first-order valence-corrected chi connectivity index (χ1v) is 10.0. The van der Waals surface area contributed by atoms with Gasteiger partial charge in [-0.1, -0.05) is 24.3 Å². The van der Waals surface area contributed by atoms with Crippen LogP contribution in [0.2, 0.25) is 0 Å². The molecule has 0 N–H and O–H groups in total. The molecule has 1 aromatic heterocycles. The molecule has 1 amide bonds. The van der Waals surface area contributed by atoms with Gasteiger partial charge < -0.3 is 19.1 Å². The minimum absolute atomic E-state index is 0.117. The lowest BCUT2D eigenvalue weighted by Gasteiger charge is -2.27. The lowest BCUT2D eigenvalue weighted by atomic mass is 10.2. The molecular formula is C22H21NO4S. The van der Waals surface area contributed by atoms with E-state index in [1.54, 1.807) is 23.2 Å². The Labute approximate surface area is 168 Å². The molecule has 0 radical (unpaired) electrons. The van der Waals surface area contributed by atoms with Crippen LogP contribution in [-0.4, -0.2) is 25.2 Å². The van der Waals surface area contributed by atoms with E-state index in [1.807, 2.05) is 66.0 Å². The number of ether oxygens (including phenoxy) is 3. The third kappa shape index (κ3) is 4.12. The van der Waals surface area contributed by atoms with Crippen LogP contribution >= 0.6 is 11.3 Å². The molecule has 0 fully saturated rings. The second-order valence-electron chi connectivity index (χ2n) is 6.40. The number of hydrogen-bond acceptors (Lipinski definition) is 5. The van der Waals surface area contributed by atoms with Gasteiger partial charge in [0.15, 0.2) is 17.6 Å². The average Bonchev–Trinajstić information content (AvgIpc) is 3.25. The SMILES string of the molecule is CC(Oc1ccccc1)C(=O)N(Cc1cccs1)c1ccc2c(c1)OCCO2. The first-order chi connectivity index (χ1) is 13.7. The third-order valence-electron chi connectivity index (χ3n) is 4.40. The van der Waals surface area contributed by atoms with Crippen LogP contribution in [0.5, 0.6) is 17.2 Å². The number of carbonyl (C=O) groups is 1. The lowest BCUT2D eigenvalue weighted by molar-refractivity contribution is -0.124. The Morgan fingerprint density at radius 2 is 1.86 bits per heavy atom. The molecule has 0 spiro atoms. The summed E-state index contributed by atoms with van der Waals surface area (Å²) in [5.41, 5.74) is 0.756. The molecule has 6 heteroatoms. The van der Waals surface area contributed by atoms with Crippen LogP contribution in [0.1, 0.15) is 11.8 Å². The Kier molecular flexibility index (Phi) is 5.48. The summed E-state index contributed by atoms with van der Waals surface area (Å²) in [4.78, 5) is 16.1. The van der Waals surface area contributed by atoms with E-state index >= 15 is 0 Å². The van der Waals surface area contributed by atoms with Crippen LogP contribution in [0.4, 0.5) is 5.69 Å². The minimum Gasteiger partial charge on any atom is -0.486 e. The van der Waals surface area contributed by atoms with E-state index in [1.165, 1.54) is 0 Å². The predicted octanol–water partition coefficient (Wildman–Crippen LogP) is 4.52. The normalized spacial score (nSPS) is 13.6. The van der Waals surface area contributed by atoms with Crippen molar-refractivity contribution in [1.29, 1.82) is 0 Å². The van der Waals surface area contributed by atoms with E-state index in [4.69, 9.17) is 14.2 Å². The highest BCUT2D eigenvalue weighted by Gasteiger charge is 2.25. The van der Waals surface area contributed by atoms with E-state index < -0.39 is 6.10 Å². The zero-order chi connectivity index (χ0) is 19.3. The summed E-state index contributed by atoms with van der Waals surface area (Å²) in [5.74, 6) is 1.91. The number of rotatable bonds is 6. The first-order valence-electron chi connectivity index (χ1n) is 9.16. The number of hydrogen-bond donors (Lipinski definition) is 0. The van der Waals surface area contributed by atoms with Crippen molar-refractivity contribution in [3.63, 3.8) is 0 Å². The van der Waals surface area contributed by atoms with Gasteiger partial charge in [-0.05, 0) is 42.6 Å². The second-order valence-corrected chi connectivity index (χ2v) is 7.44. The van der Waals surface area contributed by atoms with E-state index in [0.29, 0.717) is 37.0 Å². The van der Waals surface area contributed by atoms with Gasteiger partial charge in [0.05, 0.1) is 6.54 Å². The summed E-state index contributed by atoms with van der Waals surface area (Å²) in [7, 11) is 0. The summed E-state index contributed by atoms with van der Waals surface area (Å²) < 4.78 is 17.2. The molecule has 3 aromatic rings. The number of fused-ring (bicyclic) bond motifs is 1. The number of para-hydroxylation sites is 1. The van der Waals surface area contributed by atoms with Crippen molar-refractivity contribution >= 4 is 22.9 Å². The van der Waals surface area contributed by atoms with Crippen molar-refractivity contribution in [1.82, 2.24) is 0 Å². The summed E-state index contributed by atoms with van der Waals surface area (Å²) in [5, 5.41) is 2.01. The summed E-state index contributed by atoms with van der Waals surface area (Å²) >= 11 is 1.62. The largest absolute Gasteiger partial charge is 0.486 e. The zero-order valence-corrected chi connectivity index (χ0v) is 16.4. The molecule has 5 nitrogen and oxygen atoms in total. The van der Waals surface area contributed by atoms with Crippen molar-refractivity contribution in [2.45, 2.75) is 19.6 Å². The molecule has 2 heterocycles. The van der Waals surface area contributed by atoms with Gasteiger partial charge in [0.1, 0.15) is 19.0 Å². The fourth-order valence-electron chi connectivity index (χ4n) is 3.03. The Bertz CT molecular complexity index is 927. The lowest BCUT2D eigenvalue weighted by Crippen LogP contribution is -2.40. The summed E-state index contributed by atoms with van der Waals surface area (Å²) in [6, 6.07) is 19.0. The Morgan fingerprint density at radius 3 is 2.61 bits per heavy atom. The molecule has 1 unspecified atom stereocenters. The van der Waals surface area contributed by atoms with E-state index in [-0.39, 0.29) is 5.91 Å². The van der Waals surface area contributed by atoms with E-state index in [0.717, 1.165) is 10.6 Å². The van der Waals surface area contributed by atoms with E-state index in [9.17, 15) is 4.79 Å². The quantitative estimate of drug-likeness (QED) is 0.616. The van der Waals surface area contributed by atoms with Gasteiger partial charge in [0, 0.05) is 16.6 Å². The number of anilines is 1. The molecule has 2 aromatic carbocycles. The predicted molar refractivity (Wildman–Crippen MR) is 109 cm³/mol. The van der Waals surface area contributed by atoms with Gasteiger partial charge >= 0.3 is 0 Å². The third-order valence-corrected chi connectivity index (χ3v) is 5.26. The van der Waals surface area contributed by atoms with Crippen molar-refractivity contribution in [2.24, 2.45) is 0 Å².